The summed E-state index contributed by atoms with van der Waals surface area (Å²) in [6, 6.07) is 3.51. The van der Waals surface area contributed by atoms with Gasteiger partial charge in [0.05, 0.1) is 14.2 Å². The second-order valence-electron chi connectivity index (χ2n) is 5.39. The van der Waals surface area contributed by atoms with E-state index >= 15 is 0 Å². The van der Waals surface area contributed by atoms with Gasteiger partial charge in [-0.25, -0.2) is 0 Å². The molecule has 1 aromatic carbocycles. The molecule has 142 valence electrons. The molecule has 10 heteroatoms. The normalized spacial score (nSPS) is 12.8. The summed E-state index contributed by atoms with van der Waals surface area (Å²) in [7, 11) is 2.20. The number of rotatable bonds is 7. The fourth-order valence-corrected chi connectivity index (χ4v) is 3.64. The van der Waals surface area contributed by atoms with Gasteiger partial charge in [0, 0.05) is 20.4 Å². The number of halogens is 2. The average Bonchev–Trinajstić information content (AvgIpc) is 2.57. The summed E-state index contributed by atoms with van der Waals surface area (Å²) in [6.07, 6.45) is 0. The van der Waals surface area contributed by atoms with E-state index in [-0.39, 0.29) is 5.56 Å². The molecule has 0 heterocycles. The molecule has 2 amide bonds. The number of nitrogens with two attached hydrogens (primary N) is 1. The Balaban J connectivity index is 3.13. The van der Waals surface area contributed by atoms with Gasteiger partial charge in [0.15, 0.2) is 5.92 Å². The number of ether oxygens (including phenoxy) is 2. The van der Waals surface area contributed by atoms with Gasteiger partial charge in [0.2, 0.25) is 5.91 Å². The van der Waals surface area contributed by atoms with Crippen molar-refractivity contribution in [3.05, 3.63) is 32.7 Å². The van der Waals surface area contributed by atoms with E-state index in [2.05, 4.69) is 46.7 Å². The lowest BCUT2D eigenvalue weighted by molar-refractivity contribution is -0.161. The molecule has 8 nitrogen and oxygen atoms in total. The number of primary amides is 1. The lowest BCUT2D eigenvalue weighted by Crippen LogP contribution is -2.52. The zero-order valence-electron chi connectivity index (χ0n) is 14.2. The molecule has 3 N–H and O–H groups in total. The Hall–Kier alpha value is -1.94. The molecule has 0 fully saturated rings. The number of carbonyl (C=O) groups is 4. The maximum Gasteiger partial charge on any atom is 0.320 e. The average molecular weight is 494 g/mol. The fraction of sp³-hybridized carbons (Fsp3) is 0.375. The highest BCUT2D eigenvalue weighted by Gasteiger charge is 2.41. The van der Waals surface area contributed by atoms with Crippen molar-refractivity contribution in [1.82, 2.24) is 5.32 Å². The highest BCUT2D eigenvalue weighted by atomic mass is 79.9. The van der Waals surface area contributed by atoms with Crippen LogP contribution in [0.25, 0.3) is 0 Å². The molecule has 0 radical (unpaired) electrons. The first-order valence-electron chi connectivity index (χ1n) is 7.34. The van der Waals surface area contributed by atoms with E-state index in [4.69, 9.17) is 5.73 Å². The summed E-state index contributed by atoms with van der Waals surface area (Å²) in [4.78, 5) is 48.2. The van der Waals surface area contributed by atoms with Crippen molar-refractivity contribution in [1.29, 1.82) is 0 Å². The van der Waals surface area contributed by atoms with Crippen LogP contribution in [0, 0.1) is 11.8 Å². The lowest BCUT2D eigenvalue weighted by Gasteiger charge is -2.26. The topological polar surface area (TPSA) is 125 Å². The quantitative estimate of drug-likeness (QED) is 0.436. The Morgan fingerprint density at radius 2 is 1.46 bits per heavy atom. The van der Waals surface area contributed by atoms with Gasteiger partial charge in [-0.1, -0.05) is 38.8 Å². The zero-order valence-corrected chi connectivity index (χ0v) is 17.4. The van der Waals surface area contributed by atoms with Gasteiger partial charge in [-0.05, 0) is 18.2 Å². The number of carbonyl (C=O) groups excluding carboxylic acids is 4. The minimum Gasteiger partial charge on any atom is -0.468 e. The molecule has 0 saturated carbocycles. The molecule has 2 atom stereocenters. The summed E-state index contributed by atoms with van der Waals surface area (Å²) in [5.74, 6) is -5.71. The molecule has 26 heavy (non-hydrogen) atoms. The van der Waals surface area contributed by atoms with Crippen LogP contribution in [0.4, 0.5) is 0 Å². The third-order valence-electron chi connectivity index (χ3n) is 3.68. The highest BCUT2D eigenvalue weighted by Crippen LogP contribution is 2.22. The fourth-order valence-electron chi connectivity index (χ4n) is 2.34. The lowest BCUT2D eigenvalue weighted by atomic mass is 9.86. The number of benzene rings is 1. The van der Waals surface area contributed by atoms with Crippen LogP contribution < -0.4 is 11.1 Å². The Labute approximate surface area is 167 Å². The minimum atomic E-state index is -1.42. The molecule has 0 aliphatic rings. The maximum absolute atomic E-state index is 12.5. The standard InChI is InChI=1S/C16H18Br2N2O6/c1-7(11(15(23)25-2)16(24)26-3)12(13(19)21)20-14(22)8-4-9(17)6-10(18)5-8/h4-7,11-12H,1-3H3,(H2,19,21)(H,20,22)/t7-,12+/m0/s1. The van der Waals surface area contributed by atoms with E-state index in [0.29, 0.717) is 8.95 Å². The van der Waals surface area contributed by atoms with Gasteiger partial charge >= 0.3 is 11.9 Å². The van der Waals surface area contributed by atoms with Crippen LogP contribution in [0.5, 0.6) is 0 Å². The van der Waals surface area contributed by atoms with Gasteiger partial charge in [0.1, 0.15) is 6.04 Å². The molecule has 1 aromatic rings. The van der Waals surface area contributed by atoms with Crippen LogP contribution in [0.3, 0.4) is 0 Å². The monoisotopic (exact) mass is 492 g/mol. The van der Waals surface area contributed by atoms with E-state index in [1.165, 1.54) is 6.92 Å². The van der Waals surface area contributed by atoms with Gasteiger partial charge in [-0.2, -0.15) is 0 Å². The Kier molecular flexibility index (Phi) is 8.22. The van der Waals surface area contributed by atoms with Gasteiger partial charge in [-0.15, -0.1) is 0 Å². The van der Waals surface area contributed by atoms with Crippen LogP contribution in [-0.2, 0) is 23.9 Å². The van der Waals surface area contributed by atoms with Gasteiger partial charge < -0.3 is 20.5 Å². The summed E-state index contributed by atoms with van der Waals surface area (Å²) < 4.78 is 10.5. The molecule has 0 spiro atoms. The molecule has 1 rings (SSSR count). The number of amides is 2. The van der Waals surface area contributed by atoms with Crippen molar-refractivity contribution in [3.8, 4) is 0 Å². The molecule has 0 aromatic heterocycles. The van der Waals surface area contributed by atoms with E-state index in [0.717, 1.165) is 14.2 Å². The van der Waals surface area contributed by atoms with Crippen molar-refractivity contribution in [2.75, 3.05) is 14.2 Å². The number of methoxy groups -OCH3 is 2. The van der Waals surface area contributed by atoms with Crippen LogP contribution in [0.2, 0.25) is 0 Å². The molecular weight excluding hydrogens is 476 g/mol. The number of esters is 2. The number of nitrogens with one attached hydrogen (secondary N) is 1. The first-order chi connectivity index (χ1) is 12.1. The Morgan fingerprint density at radius 1 is 1.00 bits per heavy atom. The predicted octanol–water partition coefficient (Wildman–Crippen LogP) is 1.39. The van der Waals surface area contributed by atoms with Crippen molar-refractivity contribution < 1.29 is 28.7 Å². The van der Waals surface area contributed by atoms with Gasteiger partial charge in [-0.3, -0.25) is 19.2 Å². The van der Waals surface area contributed by atoms with Crippen LogP contribution >= 0.6 is 31.9 Å². The highest BCUT2D eigenvalue weighted by molar-refractivity contribution is 9.11. The van der Waals surface area contributed by atoms with Crippen molar-refractivity contribution in [2.45, 2.75) is 13.0 Å². The maximum atomic E-state index is 12.5. The second-order valence-corrected chi connectivity index (χ2v) is 7.23. The van der Waals surface area contributed by atoms with Crippen LogP contribution in [0.1, 0.15) is 17.3 Å². The first kappa shape index (κ1) is 22.1. The zero-order chi connectivity index (χ0) is 20.0. The Bertz CT molecular complexity index is 688. The minimum absolute atomic E-state index is 0.248. The van der Waals surface area contributed by atoms with E-state index < -0.39 is 41.6 Å². The van der Waals surface area contributed by atoms with Gasteiger partial charge in [0.25, 0.3) is 5.91 Å². The predicted molar refractivity (Wildman–Crippen MR) is 99.0 cm³/mol. The molecular formula is C16H18Br2N2O6. The van der Waals surface area contributed by atoms with Crippen molar-refractivity contribution in [3.63, 3.8) is 0 Å². The van der Waals surface area contributed by atoms with E-state index in [9.17, 15) is 19.2 Å². The molecule has 0 aliphatic heterocycles. The number of hydrogen-bond donors (Lipinski definition) is 2. The largest absolute Gasteiger partial charge is 0.468 e. The summed E-state index contributed by atoms with van der Waals surface area (Å²) >= 11 is 6.52. The molecule has 0 bridgehead atoms. The third-order valence-corrected chi connectivity index (χ3v) is 4.60. The summed E-state index contributed by atoms with van der Waals surface area (Å²) in [5.41, 5.74) is 5.62. The number of hydrogen-bond acceptors (Lipinski definition) is 6. The first-order valence-corrected chi connectivity index (χ1v) is 8.92. The Morgan fingerprint density at radius 3 is 1.85 bits per heavy atom. The summed E-state index contributed by atoms with van der Waals surface area (Å²) in [6.45, 7) is 1.42. The van der Waals surface area contributed by atoms with E-state index in [1.807, 2.05) is 0 Å². The molecule has 0 aliphatic carbocycles. The van der Waals surface area contributed by atoms with Crippen molar-refractivity contribution >= 4 is 55.6 Å². The van der Waals surface area contributed by atoms with E-state index in [1.54, 1.807) is 18.2 Å². The SMILES string of the molecule is COC(=O)C(C(=O)OC)[C@H](C)[C@@H](NC(=O)c1cc(Br)cc(Br)c1)C(N)=O. The molecule has 0 unspecified atom stereocenters. The smallest absolute Gasteiger partial charge is 0.320 e. The molecule has 0 saturated heterocycles. The second kappa shape index (κ2) is 9.67. The van der Waals surface area contributed by atoms with Crippen LogP contribution in [0.15, 0.2) is 27.1 Å². The van der Waals surface area contributed by atoms with Crippen molar-refractivity contribution in [2.24, 2.45) is 17.6 Å². The third kappa shape index (κ3) is 5.53. The van der Waals surface area contributed by atoms with Crippen LogP contribution in [-0.4, -0.2) is 44.0 Å². The summed E-state index contributed by atoms with van der Waals surface area (Å²) in [5, 5.41) is 2.45.